The number of phenols is 1. The van der Waals surface area contributed by atoms with Gasteiger partial charge in [0.1, 0.15) is 29.4 Å². The van der Waals surface area contributed by atoms with Crippen molar-refractivity contribution < 1.29 is 14.3 Å². The maximum absolute atomic E-state index is 9.84. The number of benzene rings is 3. The van der Waals surface area contributed by atoms with E-state index >= 15 is 0 Å². The summed E-state index contributed by atoms with van der Waals surface area (Å²) in [5.41, 5.74) is 3.76. The lowest BCUT2D eigenvalue weighted by Crippen LogP contribution is -1.95. The van der Waals surface area contributed by atoms with E-state index in [9.17, 15) is 5.11 Å². The Labute approximate surface area is 189 Å². The molecule has 0 saturated heterocycles. The Morgan fingerprint density at radius 3 is 2.41 bits per heavy atom. The SMILES string of the molecule is COc1ccc(-c2oc3ncnc(Nc4cccc(O)c4)c3c2-c2ccc(Cl)cc2)cc1. The van der Waals surface area contributed by atoms with Crippen LogP contribution in [0.4, 0.5) is 11.5 Å². The molecule has 0 atom stereocenters. The summed E-state index contributed by atoms with van der Waals surface area (Å²) < 4.78 is 11.5. The minimum absolute atomic E-state index is 0.157. The number of aromatic hydroxyl groups is 1. The Bertz CT molecular complexity index is 1400. The third-order valence-corrected chi connectivity index (χ3v) is 5.33. The minimum atomic E-state index is 0.157. The Kier molecular flexibility index (Phi) is 5.13. The number of ether oxygens (including phenoxy) is 1. The molecule has 0 aliphatic heterocycles. The van der Waals surface area contributed by atoms with Crippen molar-refractivity contribution in [2.45, 2.75) is 0 Å². The number of methoxy groups -OCH3 is 1. The van der Waals surface area contributed by atoms with E-state index in [0.717, 1.165) is 27.8 Å². The van der Waals surface area contributed by atoms with E-state index in [2.05, 4.69) is 15.3 Å². The van der Waals surface area contributed by atoms with Crippen molar-refractivity contribution in [2.75, 3.05) is 12.4 Å². The van der Waals surface area contributed by atoms with E-state index in [1.807, 2.05) is 54.6 Å². The van der Waals surface area contributed by atoms with Crippen LogP contribution in [0.25, 0.3) is 33.6 Å². The number of anilines is 2. The predicted octanol–water partition coefficient (Wildman–Crippen LogP) is 6.67. The van der Waals surface area contributed by atoms with E-state index in [0.29, 0.717) is 28.0 Å². The standard InChI is InChI=1S/C25H18ClN3O3/c1-31-20-11-7-16(8-12-20)23-21(15-5-9-17(26)10-6-15)22-24(27-14-28-25(22)32-23)29-18-3-2-4-19(30)13-18/h2-14,30H,1H3,(H,27,28,29). The van der Waals surface area contributed by atoms with E-state index in [-0.39, 0.29) is 5.75 Å². The second-order valence-electron chi connectivity index (χ2n) is 7.12. The maximum atomic E-state index is 9.84. The van der Waals surface area contributed by atoms with E-state index < -0.39 is 0 Å². The molecule has 3 aromatic carbocycles. The van der Waals surface area contributed by atoms with Gasteiger partial charge in [-0.05, 0) is 54.1 Å². The van der Waals surface area contributed by atoms with Gasteiger partial charge in [-0.25, -0.2) is 9.97 Å². The van der Waals surface area contributed by atoms with Gasteiger partial charge in [-0.15, -0.1) is 0 Å². The number of aromatic nitrogens is 2. The summed E-state index contributed by atoms with van der Waals surface area (Å²) in [6.45, 7) is 0. The average Bonchev–Trinajstić information content (AvgIpc) is 3.20. The predicted molar refractivity (Wildman–Crippen MR) is 126 cm³/mol. The fraction of sp³-hybridized carbons (Fsp3) is 0.0400. The van der Waals surface area contributed by atoms with Crippen LogP contribution in [0.15, 0.2) is 83.5 Å². The first-order chi connectivity index (χ1) is 15.6. The second-order valence-corrected chi connectivity index (χ2v) is 7.56. The first kappa shape index (κ1) is 19.9. The summed E-state index contributed by atoms with van der Waals surface area (Å²) in [4.78, 5) is 8.83. The number of nitrogens with one attached hydrogen (secondary N) is 1. The van der Waals surface area contributed by atoms with Gasteiger partial charge in [-0.2, -0.15) is 0 Å². The lowest BCUT2D eigenvalue weighted by atomic mass is 9.99. The molecule has 7 heteroatoms. The molecule has 2 heterocycles. The number of phenolic OH excluding ortho intramolecular Hbond substituents is 1. The van der Waals surface area contributed by atoms with Crippen molar-refractivity contribution in [3.05, 3.63) is 84.1 Å². The van der Waals surface area contributed by atoms with Crippen molar-refractivity contribution in [3.8, 4) is 33.9 Å². The van der Waals surface area contributed by atoms with Gasteiger partial charge >= 0.3 is 0 Å². The van der Waals surface area contributed by atoms with Crippen molar-refractivity contribution in [2.24, 2.45) is 0 Å². The van der Waals surface area contributed by atoms with Crippen LogP contribution in [0, 0.1) is 0 Å². The molecule has 6 nitrogen and oxygen atoms in total. The van der Waals surface area contributed by atoms with Gasteiger partial charge in [0.15, 0.2) is 0 Å². The van der Waals surface area contributed by atoms with Crippen molar-refractivity contribution >= 4 is 34.2 Å². The summed E-state index contributed by atoms with van der Waals surface area (Å²) >= 11 is 6.14. The van der Waals surface area contributed by atoms with Crippen molar-refractivity contribution in [1.29, 1.82) is 0 Å². The summed E-state index contributed by atoms with van der Waals surface area (Å²) in [5.74, 6) is 2.13. The number of fused-ring (bicyclic) bond motifs is 1. The van der Waals surface area contributed by atoms with Gasteiger partial charge < -0.3 is 19.6 Å². The van der Waals surface area contributed by atoms with Crippen LogP contribution in [0.3, 0.4) is 0 Å². The fourth-order valence-corrected chi connectivity index (χ4v) is 3.71. The first-order valence-corrected chi connectivity index (χ1v) is 10.2. The highest BCUT2D eigenvalue weighted by atomic mass is 35.5. The number of rotatable bonds is 5. The van der Waals surface area contributed by atoms with Crippen molar-refractivity contribution in [3.63, 3.8) is 0 Å². The molecule has 5 rings (SSSR count). The topological polar surface area (TPSA) is 80.4 Å². The van der Waals surface area contributed by atoms with Gasteiger partial charge in [-0.3, -0.25) is 0 Å². The monoisotopic (exact) mass is 443 g/mol. The highest BCUT2D eigenvalue weighted by Gasteiger charge is 2.22. The Hall–Kier alpha value is -4.03. The molecule has 0 fully saturated rings. The Morgan fingerprint density at radius 2 is 1.69 bits per heavy atom. The molecule has 0 radical (unpaired) electrons. The van der Waals surface area contributed by atoms with Crippen LogP contribution >= 0.6 is 11.6 Å². The lowest BCUT2D eigenvalue weighted by molar-refractivity contribution is 0.415. The largest absolute Gasteiger partial charge is 0.508 e. The molecule has 0 aliphatic rings. The quantitative estimate of drug-likeness (QED) is 0.316. The van der Waals surface area contributed by atoms with E-state index in [1.54, 1.807) is 25.3 Å². The number of nitrogens with zero attached hydrogens (tertiary/aromatic N) is 2. The molecule has 5 aromatic rings. The second kappa shape index (κ2) is 8.24. The molecule has 2 N–H and O–H groups in total. The van der Waals surface area contributed by atoms with Gasteiger partial charge in [0.25, 0.3) is 0 Å². The van der Waals surface area contributed by atoms with Crippen LogP contribution < -0.4 is 10.1 Å². The molecule has 0 saturated carbocycles. The first-order valence-electron chi connectivity index (χ1n) is 9.86. The van der Waals surface area contributed by atoms with Crippen LogP contribution in [-0.4, -0.2) is 22.2 Å². The molecule has 0 amide bonds. The molecule has 0 aliphatic carbocycles. The normalized spacial score (nSPS) is 10.9. The summed E-state index contributed by atoms with van der Waals surface area (Å²) in [6.07, 6.45) is 1.44. The third kappa shape index (κ3) is 3.72. The number of halogens is 1. The summed E-state index contributed by atoms with van der Waals surface area (Å²) in [6, 6.07) is 22.0. The van der Waals surface area contributed by atoms with Crippen molar-refractivity contribution in [1.82, 2.24) is 9.97 Å². The van der Waals surface area contributed by atoms with Crippen LogP contribution in [0.1, 0.15) is 0 Å². The lowest BCUT2D eigenvalue weighted by Gasteiger charge is -2.09. The molecular weight excluding hydrogens is 426 g/mol. The van der Waals surface area contributed by atoms with Crippen LogP contribution in [0.5, 0.6) is 11.5 Å². The smallest absolute Gasteiger partial charge is 0.232 e. The molecule has 0 spiro atoms. The number of hydrogen-bond donors (Lipinski definition) is 2. The Morgan fingerprint density at radius 1 is 0.938 bits per heavy atom. The summed E-state index contributed by atoms with van der Waals surface area (Å²) in [7, 11) is 1.63. The zero-order chi connectivity index (χ0) is 22.1. The molecule has 0 bridgehead atoms. The molecule has 32 heavy (non-hydrogen) atoms. The van der Waals surface area contributed by atoms with Gasteiger partial charge in [-0.1, -0.05) is 29.8 Å². The zero-order valence-electron chi connectivity index (χ0n) is 17.0. The van der Waals surface area contributed by atoms with Gasteiger partial charge in [0, 0.05) is 27.9 Å². The highest BCUT2D eigenvalue weighted by Crippen LogP contribution is 2.43. The Balaban J connectivity index is 1.74. The molecular formula is C25H18ClN3O3. The van der Waals surface area contributed by atoms with Crippen LogP contribution in [0.2, 0.25) is 5.02 Å². The van der Waals surface area contributed by atoms with E-state index in [1.165, 1.54) is 6.33 Å². The minimum Gasteiger partial charge on any atom is -0.508 e. The zero-order valence-corrected chi connectivity index (χ0v) is 17.8. The maximum Gasteiger partial charge on any atom is 0.232 e. The average molecular weight is 444 g/mol. The number of furan rings is 1. The summed E-state index contributed by atoms with van der Waals surface area (Å²) in [5, 5.41) is 14.5. The molecule has 0 unspecified atom stereocenters. The molecule has 158 valence electrons. The van der Waals surface area contributed by atoms with E-state index in [4.69, 9.17) is 20.8 Å². The van der Waals surface area contributed by atoms with Gasteiger partial charge in [0.2, 0.25) is 5.71 Å². The van der Waals surface area contributed by atoms with Crippen LogP contribution in [-0.2, 0) is 0 Å². The highest BCUT2D eigenvalue weighted by molar-refractivity contribution is 6.30. The number of hydrogen-bond acceptors (Lipinski definition) is 6. The van der Waals surface area contributed by atoms with Gasteiger partial charge in [0.05, 0.1) is 12.5 Å². The fourth-order valence-electron chi connectivity index (χ4n) is 3.59. The third-order valence-electron chi connectivity index (χ3n) is 5.08. The molecule has 2 aromatic heterocycles.